The summed E-state index contributed by atoms with van der Waals surface area (Å²) in [6.07, 6.45) is 16.8. The first kappa shape index (κ1) is 16.9. The Morgan fingerprint density at radius 2 is 1.70 bits per heavy atom. The predicted molar refractivity (Wildman–Crippen MR) is 85.3 cm³/mol. The Kier molecular flexibility index (Phi) is 9.80. The molecule has 1 aliphatic heterocycles. The summed E-state index contributed by atoms with van der Waals surface area (Å²) < 4.78 is 0. The molecule has 4 nitrogen and oxygen atoms in total. The lowest BCUT2D eigenvalue weighted by molar-refractivity contribution is 0.540. The van der Waals surface area contributed by atoms with E-state index in [0.717, 1.165) is 12.1 Å². The van der Waals surface area contributed by atoms with Crippen molar-refractivity contribution in [1.29, 1.82) is 0 Å². The lowest BCUT2D eigenvalue weighted by Gasteiger charge is -2.09. The molecule has 0 aliphatic carbocycles. The molecular formula is C16H29N4. The maximum atomic E-state index is 4.10. The van der Waals surface area contributed by atoms with Crippen LogP contribution in [-0.2, 0) is 0 Å². The van der Waals surface area contributed by atoms with E-state index in [0.29, 0.717) is 5.92 Å². The molecule has 1 radical (unpaired) electrons. The van der Waals surface area contributed by atoms with Crippen molar-refractivity contribution in [3.8, 4) is 0 Å². The van der Waals surface area contributed by atoms with E-state index in [-0.39, 0.29) is 0 Å². The van der Waals surface area contributed by atoms with Crippen molar-refractivity contribution in [3.63, 3.8) is 0 Å². The highest BCUT2D eigenvalue weighted by Gasteiger charge is 2.08. The molecule has 113 valence electrons. The first-order chi connectivity index (χ1) is 9.84. The standard InChI is InChI=1S/C16H29N4/c1-3-4-5-6-7-8-9-10-11-12-15(2)16-13-14-17-19-20-18-16/h13-15H,1,3-12H2,2H3,(H,17,20). The first-order valence-corrected chi connectivity index (χ1v) is 8.03. The molecule has 0 aromatic carbocycles. The average Bonchev–Trinajstić information content (AvgIpc) is 2.74. The topological polar surface area (TPSA) is 49.1 Å². The van der Waals surface area contributed by atoms with Gasteiger partial charge in [-0.1, -0.05) is 71.6 Å². The third-order valence-corrected chi connectivity index (χ3v) is 3.73. The average molecular weight is 277 g/mol. The number of unbranched alkanes of at least 4 members (excludes halogenated alkanes) is 8. The Morgan fingerprint density at radius 3 is 2.40 bits per heavy atom. The molecule has 1 aliphatic rings. The Morgan fingerprint density at radius 1 is 1.05 bits per heavy atom. The van der Waals surface area contributed by atoms with Gasteiger partial charge in [0.25, 0.3) is 0 Å². The van der Waals surface area contributed by atoms with E-state index in [9.17, 15) is 0 Å². The zero-order chi connectivity index (χ0) is 14.5. The SMILES string of the molecule is [CH2]CCCCCCCCCCC(C)C1=NN=NNC=C1. The van der Waals surface area contributed by atoms with Gasteiger partial charge in [-0.25, -0.2) is 0 Å². The number of nitrogens with zero attached hydrogens (tertiary/aromatic N) is 3. The highest BCUT2D eigenvalue weighted by atomic mass is 15.5. The summed E-state index contributed by atoms with van der Waals surface area (Å²) in [4.78, 5) is 0. The van der Waals surface area contributed by atoms with Crippen molar-refractivity contribution in [1.82, 2.24) is 5.43 Å². The van der Waals surface area contributed by atoms with Gasteiger partial charge in [-0.2, -0.15) is 0 Å². The third kappa shape index (κ3) is 8.08. The maximum absolute atomic E-state index is 4.10. The number of rotatable bonds is 11. The van der Waals surface area contributed by atoms with E-state index in [1.807, 2.05) is 6.08 Å². The molecule has 0 spiro atoms. The Bertz CT molecular complexity index is 320. The Hall–Kier alpha value is -1.19. The molecular weight excluding hydrogens is 248 g/mol. The second-order valence-corrected chi connectivity index (χ2v) is 5.55. The van der Waals surface area contributed by atoms with Gasteiger partial charge in [-0.15, -0.1) is 5.10 Å². The van der Waals surface area contributed by atoms with Crippen LogP contribution < -0.4 is 5.43 Å². The molecule has 20 heavy (non-hydrogen) atoms. The van der Waals surface area contributed by atoms with Gasteiger partial charge in [0.2, 0.25) is 0 Å². The molecule has 0 saturated heterocycles. The molecule has 4 heteroatoms. The van der Waals surface area contributed by atoms with Gasteiger partial charge in [0, 0.05) is 12.1 Å². The van der Waals surface area contributed by atoms with Gasteiger partial charge in [-0.05, 0) is 22.9 Å². The fourth-order valence-electron chi connectivity index (χ4n) is 2.39. The normalized spacial score (nSPS) is 15.6. The first-order valence-electron chi connectivity index (χ1n) is 8.03. The van der Waals surface area contributed by atoms with Crippen LogP contribution >= 0.6 is 0 Å². The van der Waals surface area contributed by atoms with Gasteiger partial charge in [-0.3, -0.25) is 5.43 Å². The molecule has 1 atom stereocenters. The second kappa shape index (κ2) is 11.6. The van der Waals surface area contributed by atoms with Gasteiger partial charge >= 0.3 is 0 Å². The summed E-state index contributed by atoms with van der Waals surface area (Å²) in [5.41, 5.74) is 3.72. The highest BCUT2D eigenvalue weighted by molar-refractivity contribution is 5.96. The van der Waals surface area contributed by atoms with E-state index in [1.54, 1.807) is 6.20 Å². The minimum Gasteiger partial charge on any atom is -0.266 e. The minimum absolute atomic E-state index is 0.460. The van der Waals surface area contributed by atoms with Crippen LogP contribution in [0.2, 0.25) is 0 Å². The Balaban J connectivity index is 1.98. The van der Waals surface area contributed by atoms with Crippen LogP contribution in [0.1, 0.15) is 71.1 Å². The van der Waals surface area contributed by atoms with Crippen LogP contribution in [0.15, 0.2) is 27.8 Å². The largest absolute Gasteiger partial charge is 0.266 e. The lowest BCUT2D eigenvalue weighted by atomic mass is 9.97. The van der Waals surface area contributed by atoms with Crippen molar-refractivity contribution >= 4 is 5.71 Å². The molecule has 1 unspecified atom stereocenters. The summed E-state index contributed by atoms with van der Waals surface area (Å²) >= 11 is 0. The lowest BCUT2D eigenvalue weighted by Crippen LogP contribution is -2.08. The second-order valence-electron chi connectivity index (χ2n) is 5.55. The molecule has 1 N–H and O–H groups in total. The van der Waals surface area contributed by atoms with Crippen LogP contribution in [0, 0.1) is 12.8 Å². The minimum atomic E-state index is 0.460. The zero-order valence-electron chi connectivity index (χ0n) is 12.9. The van der Waals surface area contributed by atoms with Gasteiger partial charge in [0.1, 0.15) is 0 Å². The molecule has 0 bridgehead atoms. The Labute approximate surface area is 123 Å². The molecule has 0 fully saturated rings. The number of nitrogens with one attached hydrogen (secondary N) is 1. The van der Waals surface area contributed by atoms with E-state index < -0.39 is 0 Å². The summed E-state index contributed by atoms with van der Waals surface area (Å²) in [6, 6.07) is 0. The maximum Gasteiger partial charge on any atom is 0.0692 e. The van der Waals surface area contributed by atoms with E-state index >= 15 is 0 Å². The van der Waals surface area contributed by atoms with Crippen LogP contribution in [0.4, 0.5) is 0 Å². The fourth-order valence-corrected chi connectivity index (χ4v) is 2.39. The number of allylic oxidation sites excluding steroid dienone is 1. The van der Waals surface area contributed by atoms with E-state index in [1.165, 1.54) is 57.8 Å². The monoisotopic (exact) mass is 277 g/mol. The van der Waals surface area contributed by atoms with Crippen LogP contribution in [0.5, 0.6) is 0 Å². The van der Waals surface area contributed by atoms with Crippen LogP contribution in [0.3, 0.4) is 0 Å². The van der Waals surface area contributed by atoms with Crippen molar-refractivity contribution in [3.05, 3.63) is 19.2 Å². The highest BCUT2D eigenvalue weighted by Crippen LogP contribution is 2.15. The summed E-state index contributed by atoms with van der Waals surface area (Å²) in [7, 11) is 0. The quantitative estimate of drug-likeness (QED) is 0.518. The molecule has 0 amide bonds. The van der Waals surface area contributed by atoms with Crippen LogP contribution in [0.25, 0.3) is 0 Å². The van der Waals surface area contributed by atoms with Gasteiger partial charge < -0.3 is 0 Å². The summed E-state index contributed by atoms with van der Waals surface area (Å²) in [5, 5.41) is 11.5. The van der Waals surface area contributed by atoms with Gasteiger partial charge in [0.05, 0.1) is 5.71 Å². The van der Waals surface area contributed by atoms with Crippen molar-refractivity contribution in [2.45, 2.75) is 71.1 Å². The molecule has 1 heterocycles. The number of hydrogen-bond acceptors (Lipinski definition) is 4. The molecule has 1 rings (SSSR count). The van der Waals surface area contributed by atoms with E-state index in [2.05, 4.69) is 34.8 Å². The van der Waals surface area contributed by atoms with Crippen LogP contribution in [-0.4, -0.2) is 5.71 Å². The van der Waals surface area contributed by atoms with Crippen molar-refractivity contribution < 1.29 is 0 Å². The number of hydrogen-bond donors (Lipinski definition) is 1. The van der Waals surface area contributed by atoms with Crippen molar-refractivity contribution in [2.24, 2.45) is 21.5 Å². The molecule has 0 aromatic rings. The van der Waals surface area contributed by atoms with E-state index in [4.69, 9.17) is 0 Å². The molecule has 0 saturated carbocycles. The van der Waals surface area contributed by atoms with Gasteiger partial charge in [0.15, 0.2) is 0 Å². The summed E-state index contributed by atoms with van der Waals surface area (Å²) in [6.45, 7) is 6.09. The smallest absolute Gasteiger partial charge is 0.0692 e. The summed E-state index contributed by atoms with van der Waals surface area (Å²) in [5.74, 6) is 0.460. The fraction of sp³-hybridized carbons (Fsp3) is 0.750. The van der Waals surface area contributed by atoms with Crippen molar-refractivity contribution in [2.75, 3.05) is 0 Å². The zero-order valence-corrected chi connectivity index (χ0v) is 12.9. The molecule has 0 aromatic heterocycles. The third-order valence-electron chi connectivity index (χ3n) is 3.73. The predicted octanol–water partition coefficient (Wildman–Crippen LogP) is 5.20.